The summed E-state index contributed by atoms with van der Waals surface area (Å²) in [6.45, 7) is 3.61. The van der Waals surface area contributed by atoms with Gasteiger partial charge in [0.05, 0.1) is 25.9 Å². The molecule has 2 amide bonds. The van der Waals surface area contributed by atoms with E-state index < -0.39 is 0 Å². The zero-order chi connectivity index (χ0) is 23.9. The van der Waals surface area contributed by atoms with E-state index >= 15 is 0 Å². The fraction of sp³-hybridized carbons (Fsp3) is 0.269. The van der Waals surface area contributed by atoms with Gasteiger partial charge < -0.3 is 19.7 Å². The molecule has 0 radical (unpaired) electrons. The van der Waals surface area contributed by atoms with Crippen molar-refractivity contribution in [2.75, 3.05) is 38.6 Å². The molecular formula is C26H28N4O4. The van der Waals surface area contributed by atoms with Crippen molar-refractivity contribution in [3.63, 3.8) is 0 Å². The van der Waals surface area contributed by atoms with E-state index in [-0.39, 0.29) is 24.4 Å². The van der Waals surface area contributed by atoms with Gasteiger partial charge in [-0.05, 0) is 54.1 Å². The van der Waals surface area contributed by atoms with Crippen LogP contribution in [0.5, 0.6) is 17.2 Å². The van der Waals surface area contributed by atoms with Crippen LogP contribution < -0.4 is 14.8 Å². The molecule has 176 valence electrons. The minimum atomic E-state index is -0.117. The van der Waals surface area contributed by atoms with Gasteiger partial charge in [0.2, 0.25) is 11.8 Å². The minimum absolute atomic E-state index is 0.0264. The highest BCUT2D eigenvalue weighted by molar-refractivity contribution is 5.92. The molecule has 1 aliphatic heterocycles. The average Bonchev–Trinajstić information content (AvgIpc) is 2.86. The van der Waals surface area contributed by atoms with E-state index in [9.17, 15) is 9.59 Å². The number of nitrogens with one attached hydrogen (secondary N) is 1. The molecule has 1 saturated heterocycles. The highest BCUT2D eigenvalue weighted by Crippen LogP contribution is 2.27. The Morgan fingerprint density at radius 2 is 1.74 bits per heavy atom. The highest BCUT2D eigenvalue weighted by Gasteiger charge is 2.30. The number of hydrogen-bond donors (Lipinski definition) is 1. The van der Waals surface area contributed by atoms with Gasteiger partial charge in [0.15, 0.2) is 0 Å². The summed E-state index contributed by atoms with van der Waals surface area (Å²) in [7, 11) is 1.62. The predicted molar refractivity (Wildman–Crippen MR) is 129 cm³/mol. The van der Waals surface area contributed by atoms with Crippen molar-refractivity contribution in [3.8, 4) is 17.2 Å². The molecule has 34 heavy (non-hydrogen) atoms. The Bertz CT molecular complexity index is 1100. The van der Waals surface area contributed by atoms with Crippen LogP contribution >= 0.6 is 0 Å². The van der Waals surface area contributed by atoms with Gasteiger partial charge in [-0.1, -0.05) is 12.1 Å². The molecular weight excluding hydrogens is 432 g/mol. The van der Waals surface area contributed by atoms with E-state index in [0.717, 1.165) is 11.3 Å². The molecule has 2 heterocycles. The molecule has 2 aromatic carbocycles. The van der Waals surface area contributed by atoms with Crippen LogP contribution in [0.1, 0.15) is 18.5 Å². The molecule has 0 aliphatic carbocycles. The van der Waals surface area contributed by atoms with Crippen LogP contribution in [0.15, 0.2) is 73.1 Å². The maximum absolute atomic E-state index is 12.7. The third kappa shape index (κ3) is 5.90. The van der Waals surface area contributed by atoms with Crippen LogP contribution in [-0.2, 0) is 9.59 Å². The Kier molecular flexibility index (Phi) is 7.39. The second-order valence-electron chi connectivity index (χ2n) is 8.10. The number of ether oxygens (including phenoxy) is 2. The largest absolute Gasteiger partial charge is 0.497 e. The van der Waals surface area contributed by atoms with Crippen molar-refractivity contribution in [3.05, 3.63) is 78.6 Å². The Morgan fingerprint density at radius 1 is 1.00 bits per heavy atom. The number of pyridine rings is 1. The topological polar surface area (TPSA) is 84.0 Å². The lowest BCUT2D eigenvalue weighted by molar-refractivity contribution is -0.134. The third-order valence-electron chi connectivity index (χ3n) is 5.74. The first-order chi connectivity index (χ1) is 16.5. The summed E-state index contributed by atoms with van der Waals surface area (Å²) in [6, 6.07) is 18.4. The number of rotatable bonds is 7. The summed E-state index contributed by atoms with van der Waals surface area (Å²) in [5.74, 6) is 2.00. The standard InChI is InChI=1S/C26H28N4O4/c1-19(31)30-15-14-29(17-25(30)20-5-9-22(33-2)10-6-20)18-26(32)28-21-7-11-23(12-8-21)34-24-4-3-13-27-16-24/h3-13,16,25H,14-15,17-18H2,1-2H3,(H,28,32). The first kappa shape index (κ1) is 23.3. The number of piperazine rings is 1. The molecule has 1 aromatic heterocycles. The number of benzene rings is 2. The lowest BCUT2D eigenvalue weighted by atomic mass is 10.0. The molecule has 1 atom stereocenters. The normalized spacial score (nSPS) is 16.1. The summed E-state index contributed by atoms with van der Waals surface area (Å²) in [6.07, 6.45) is 3.32. The Labute approximate surface area is 199 Å². The van der Waals surface area contributed by atoms with Gasteiger partial charge in [0.25, 0.3) is 0 Å². The number of anilines is 1. The van der Waals surface area contributed by atoms with E-state index in [0.29, 0.717) is 36.8 Å². The molecule has 0 saturated carbocycles. The van der Waals surface area contributed by atoms with Gasteiger partial charge in [-0.25, -0.2) is 0 Å². The highest BCUT2D eigenvalue weighted by atomic mass is 16.5. The van der Waals surface area contributed by atoms with Crippen molar-refractivity contribution in [1.82, 2.24) is 14.8 Å². The van der Waals surface area contributed by atoms with Crippen molar-refractivity contribution in [2.24, 2.45) is 0 Å². The smallest absolute Gasteiger partial charge is 0.238 e. The van der Waals surface area contributed by atoms with Crippen molar-refractivity contribution in [1.29, 1.82) is 0 Å². The molecule has 8 heteroatoms. The monoisotopic (exact) mass is 460 g/mol. The van der Waals surface area contributed by atoms with Gasteiger partial charge in [0.1, 0.15) is 17.2 Å². The molecule has 3 aromatic rings. The van der Waals surface area contributed by atoms with Gasteiger partial charge in [-0.15, -0.1) is 0 Å². The molecule has 1 unspecified atom stereocenters. The van der Waals surface area contributed by atoms with Crippen LogP contribution in [0, 0.1) is 0 Å². The first-order valence-electron chi connectivity index (χ1n) is 11.1. The van der Waals surface area contributed by atoms with Crippen molar-refractivity contribution in [2.45, 2.75) is 13.0 Å². The van der Waals surface area contributed by atoms with Gasteiger partial charge in [0, 0.05) is 38.4 Å². The summed E-state index contributed by atoms with van der Waals surface area (Å²) in [5, 5.41) is 2.94. The van der Waals surface area contributed by atoms with E-state index in [1.165, 1.54) is 0 Å². The Morgan fingerprint density at radius 3 is 2.38 bits per heavy atom. The number of nitrogens with zero attached hydrogens (tertiary/aromatic N) is 3. The molecule has 1 aliphatic rings. The van der Waals surface area contributed by atoms with E-state index in [2.05, 4.69) is 15.2 Å². The average molecular weight is 461 g/mol. The zero-order valence-corrected chi connectivity index (χ0v) is 19.3. The minimum Gasteiger partial charge on any atom is -0.497 e. The lowest BCUT2D eigenvalue weighted by Gasteiger charge is -2.41. The second-order valence-corrected chi connectivity index (χ2v) is 8.10. The molecule has 0 bridgehead atoms. The fourth-order valence-electron chi connectivity index (χ4n) is 4.02. The van der Waals surface area contributed by atoms with Crippen LogP contribution in [0.2, 0.25) is 0 Å². The molecule has 1 N–H and O–H groups in total. The van der Waals surface area contributed by atoms with Crippen LogP contribution in [0.3, 0.4) is 0 Å². The molecule has 4 rings (SSSR count). The SMILES string of the molecule is COc1ccc(C2CN(CC(=O)Nc3ccc(Oc4cccnc4)cc3)CCN2C(C)=O)cc1. The van der Waals surface area contributed by atoms with Gasteiger partial charge in [-0.3, -0.25) is 19.5 Å². The van der Waals surface area contributed by atoms with E-state index in [1.807, 2.05) is 35.2 Å². The Hall–Kier alpha value is -3.91. The van der Waals surface area contributed by atoms with Crippen molar-refractivity contribution < 1.29 is 19.1 Å². The van der Waals surface area contributed by atoms with Gasteiger partial charge >= 0.3 is 0 Å². The Balaban J connectivity index is 1.35. The number of aromatic nitrogens is 1. The fourth-order valence-corrected chi connectivity index (χ4v) is 4.02. The molecule has 8 nitrogen and oxygen atoms in total. The number of hydrogen-bond acceptors (Lipinski definition) is 6. The number of carbonyl (C=O) groups excluding carboxylic acids is 2. The summed E-state index contributed by atoms with van der Waals surface area (Å²) < 4.78 is 11.0. The van der Waals surface area contributed by atoms with Crippen LogP contribution in [0.25, 0.3) is 0 Å². The quantitative estimate of drug-likeness (QED) is 0.579. The predicted octanol–water partition coefficient (Wildman–Crippen LogP) is 3.73. The zero-order valence-electron chi connectivity index (χ0n) is 19.3. The first-order valence-corrected chi connectivity index (χ1v) is 11.1. The maximum Gasteiger partial charge on any atom is 0.238 e. The molecule has 1 fully saturated rings. The molecule has 0 spiro atoms. The third-order valence-corrected chi connectivity index (χ3v) is 5.74. The maximum atomic E-state index is 12.7. The number of carbonyl (C=O) groups is 2. The summed E-state index contributed by atoms with van der Waals surface area (Å²) in [5.41, 5.74) is 1.71. The van der Waals surface area contributed by atoms with Crippen LogP contribution in [-0.4, -0.2) is 59.9 Å². The second kappa shape index (κ2) is 10.8. The number of amides is 2. The van der Waals surface area contributed by atoms with Crippen molar-refractivity contribution >= 4 is 17.5 Å². The van der Waals surface area contributed by atoms with E-state index in [4.69, 9.17) is 9.47 Å². The summed E-state index contributed by atoms with van der Waals surface area (Å²) >= 11 is 0. The number of methoxy groups -OCH3 is 1. The van der Waals surface area contributed by atoms with E-state index in [1.54, 1.807) is 56.8 Å². The summed E-state index contributed by atoms with van der Waals surface area (Å²) in [4.78, 5) is 32.9. The van der Waals surface area contributed by atoms with Gasteiger partial charge in [-0.2, -0.15) is 0 Å². The lowest BCUT2D eigenvalue weighted by Crippen LogP contribution is -2.51. The van der Waals surface area contributed by atoms with Crippen LogP contribution in [0.4, 0.5) is 5.69 Å².